The maximum atomic E-state index is 14.3. The van der Waals surface area contributed by atoms with Crippen LogP contribution in [-0.2, 0) is 20.7 Å². The van der Waals surface area contributed by atoms with Crippen molar-refractivity contribution < 1.29 is 24.2 Å². The van der Waals surface area contributed by atoms with Gasteiger partial charge < -0.3 is 25.4 Å². The number of carbonyl (C=O) groups excluding carboxylic acids is 3. The molecule has 8 nitrogen and oxygen atoms in total. The van der Waals surface area contributed by atoms with Crippen molar-refractivity contribution in [2.45, 2.75) is 58.7 Å². The molecule has 2 atom stereocenters. The molecule has 0 bridgehead atoms. The summed E-state index contributed by atoms with van der Waals surface area (Å²) in [6.07, 6.45) is 0.896. The van der Waals surface area contributed by atoms with Gasteiger partial charge in [-0.1, -0.05) is 72.8 Å². The number of phenols is 1. The molecule has 216 valence electrons. The summed E-state index contributed by atoms with van der Waals surface area (Å²) in [6, 6.07) is 19.0. The van der Waals surface area contributed by atoms with Gasteiger partial charge in [0.05, 0.1) is 0 Å². The van der Waals surface area contributed by atoms with Crippen LogP contribution in [0.1, 0.15) is 49.1 Å². The van der Waals surface area contributed by atoms with Gasteiger partial charge in [-0.25, -0.2) is 4.79 Å². The molecule has 3 N–H and O–H groups in total. The Bertz CT molecular complexity index is 1360. The molecule has 8 heteroatoms. The third kappa shape index (κ3) is 8.45. The molecule has 0 heterocycles. The van der Waals surface area contributed by atoms with Crippen molar-refractivity contribution in [2.75, 3.05) is 11.9 Å². The van der Waals surface area contributed by atoms with E-state index in [0.29, 0.717) is 5.69 Å². The number of para-hydroxylation sites is 2. The van der Waals surface area contributed by atoms with Crippen molar-refractivity contribution in [3.63, 3.8) is 0 Å². The molecule has 3 aromatic carbocycles. The normalized spacial score (nSPS) is 12.5. The average molecular weight is 558 g/mol. The standard InChI is InChI=1S/C33H39N3O5/c1-7-20-36(31(39)26(21-24-16-9-8-10-17-24)34-32(40)41-33(4,5)6)29(25-18-11-12-19-27(25)37)30(38)35-28-22(2)14-13-15-23(28)3/h7-19,26,29,37H,1,20-21H2,2-6H3,(H,34,40)(H,35,38). The number of phenolic OH excluding ortho intramolecular Hbond substituents is 1. The predicted octanol–water partition coefficient (Wildman–Crippen LogP) is 5.84. The number of ether oxygens (including phenoxy) is 1. The number of nitrogens with one attached hydrogen (secondary N) is 2. The molecular formula is C33H39N3O5. The molecule has 3 amide bonds. The number of amides is 3. The first-order valence-electron chi connectivity index (χ1n) is 13.5. The molecule has 41 heavy (non-hydrogen) atoms. The van der Waals surface area contributed by atoms with Crippen molar-refractivity contribution >= 4 is 23.6 Å². The number of benzene rings is 3. The number of nitrogens with zero attached hydrogens (tertiary/aromatic N) is 1. The second-order valence-corrected chi connectivity index (χ2v) is 10.9. The fourth-order valence-electron chi connectivity index (χ4n) is 4.53. The smallest absolute Gasteiger partial charge is 0.408 e. The van der Waals surface area contributed by atoms with E-state index in [1.165, 1.54) is 17.0 Å². The maximum absolute atomic E-state index is 14.3. The van der Waals surface area contributed by atoms with Gasteiger partial charge in [-0.2, -0.15) is 0 Å². The molecule has 0 aliphatic carbocycles. The molecule has 0 saturated carbocycles. The number of anilines is 1. The Labute approximate surface area is 242 Å². The Morgan fingerprint density at radius 1 is 0.951 bits per heavy atom. The Balaban J connectivity index is 2.07. The largest absolute Gasteiger partial charge is 0.508 e. The molecule has 0 saturated heterocycles. The summed E-state index contributed by atoms with van der Waals surface area (Å²) >= 11 is 0. The second kappa shape index (κ2) is 13.7. The van der Waals surface area contributed by atoms with Crippen LogP contribution in [0.4, 0.5) is 10.5 Å². The van der Waals surface area contributed by atoms with Gasteiger partial charge in [0, 0.05) is 24.2 Å². The Morgan fingerprint density at radius 3 is 2.15 bits per heavy atom. The Kier molecular flexibility index (Phi) is 10.3. The van der Waals surface area contributed by atoms with E-state index in [0.717, 1.165) is 16.7 Å². The molecule has 0 radical (unpaired) electrons. The molecule has 0 fully saturated rings. The van der Waals surface area contributed by atoms with Crippen LogP contribution >= 0.6 is 0 Å². The summed E-state index contributed by atoms with van der Waals surface area (Å²) in [7, 11) is 0. The fraction of sp³-hybridized carbons (Fsp3) is 0.303. The van der Waals surface area contributed by atoms with E-state index in [-0.39, 0.29) is 24.3 Å². The van der Waals surface area contributed by atoms with Gasteiger partial charge in [-0.3, -0.25) is 9.59 Å². The van der Waals surface area contributed by atoms with Crippen LogP contribution in [0.15, 0.2) is 85.5 Å². The maximum Gasteiger partial charge on any atom is 0.408 e. The van der Waals surface area contributed by atoms with Gasteiger partial charge >= 0.3 is 6.09 Å². The van der Waals surface area contributed by atoms with Crippen molar-refractivity contribution in [3.8, 4) is 5.75 Å². The predicted molar refractivity (Wildman–Crippen MR) is 161 cm³/mol. The summed E-state index contributed by atoms with van der Waals surface area (Å²) in [4.78, 5) is 42.5. The zero-order valence-corrected chi connectivity index (χ0v) is 24.3. The average Bonchev–Trinajstić information content (AvgIpc) is 2.90. The lowest BCUT2D eigenvalue weighted by Crippen LogP contribution is -2.53. The van der Waals surface area contributed by atoms with Crippen molar-refractivity contribution in [2.24, 2.45) is 0 Å². The minimum Gasteiger partial charge on any atom is -0.508 e. The molecule has 2 unspecified atom stereocenters. The number of hydrogen-bond donors (Lipinski definition) is 3. The molecular weight excluding hydrogens is 518 g/mol. The van der Waals surface area contributed by atoms with Crippen LogP contribution in [0.2, 0.25) is 0 Å². The second-order valence-electron chi connectivity index (χ2n) is 10.9. The van der Waals surface area contributed by atoms with Crippen LogP contribution in [0.25, 0.3) is 0 Å². The van der Waals surface area contributed by atoms with Crippen LogP contribution in [-0.4, -0.2) is 46.1 Å². The summed E-state index contributed by atoms with van der Waals surface area (Å²) in [6.45, 7) is 12.7. The van der Waals surface area contributed by atoms with E-state index in [1.807, 2.05) is 62.4 Å². The van der Waals surface area contributed by atoms with Gasteiger partial charge in [-0.05, 0) is 57.4 Å². The first-order chi connectivity index (χ1) is 19.4. The SMILES string of the molecule is C=CCN(C(=O)C(Cc1ccccc1)NC(=O)OC(C)(C)C)C(C(=O)Nc1c(C)cccc1C)c1ccccc1O. The van der Waals surface area contributed by atoms with E-state index in [1.54, 1.807) is 39.0 Å². The number of hydrogen-bond acceptors (Lipinski definition) is 5. The quantitative estimate of drug-likeness (QED) is 0.272. The van der Waals surface area contributed by atoms with Crippen molar-refractivity contribution in [1.82, 2.24) is 10.2 Å². The highest BCUT2D eigenvalue weighted by molar-refractivity contribution is 6.00. The van der Waals surface area contributed by atoms with Gasteiger partial charge in [0.15, 0.2) is 0 Å². The molecule has 0 aliphatic heterocycles. The highest BCUT2D eigenvalue weighted by atomic mass is 16.6. The van der Waals surface area contributed by atoms with Crippen molar-refractivity contribution in [3.05, 3.63) is 108 Å². The first-order valence-corrected chi connectivity index (χ1v) is 13.5. The first kappa shape index (κ1) is 30.9. The molecule has 0 aromatic heterocycles. The number of aryl methyl sites for hydroxylation is 2. The fourth-order valence-corrected chi connectivity index (χ4v) is 4.53. The Hall–Kier alpha value is -4.59. The third-order valence-electron chi connectivity index (χ3n) is 6.40. The third-order valence-corrected chi connectivity index (χ3v) is 6.40. The van der Waals surface area contributed by atoms with E-state index >= 15 is 0 Å². The van der Waals surface area contributed by atoms with E-state index in [9.17, 15) is 19.5 Å². The monoisotopic (exact) mass is 557 g/mol. The van der Waals surface area contributed by atoms with Crippen LogP contribution in [0.5, 0.6) is 5.75 Å². The highest BCUT2D eigenvalue weighted by Crippen LogP contribution is 2.32. The summed E-state index contributed by atoms with van der Waals surface area (Å²) in [5.74, 6) is -1.20. The number of alkyl carbamates (subject to hydrolysis) is 1. The summed E-state index contributed by atoms with van der Waals surface area (Å²) in [5, 5.41) is 16.5. The zero-order valence-electron chi connectivity index (χ0n) is 24.3. The van der Waals surface area contributed by atoms with E-state index in [4.69, 9.17) is 4.74 Å². The van der Waals surface area contributed by atoms with Gasteiger partial charge in [-0.15, -0.1) is 6.58 Å². The number of rotatable bonds is 10. The topological polar surface area (TPSA) is 108 Å². The van der Waals surface area contributed by atoms with E-state index < -0.39 is 35.6 Å². The highest BCUT2D eigenvalue weighted by Gasteiger charge is 2.37. The summed E-state index contributed by atoms with van der Waals surface area (Å²) < 4.78 is 5.45. The number of carbonyl (C=O) groups is 3. The van der Waals surface area contributed by atoms with Crippen LogP contribution in [0, 0.1) is 13.8 Å². The zero-order chi connectivity index (χ0) is 30.2. The van der Waals surface area contributed by atoms with Crippen LogP contribution in [0.3, 0.4) is 0 Å². The lowest BCUT2D eigenvalue weighted by molar-refractivity contribution is -0.140. The minimum atomic E-state index is -1.24. The lowest BCUT2D eigenvalue weighted by Gasteiger charge is -2.34. The minimum absolute atomic E-state index is 0.0285. The van der Waals surface area contributed by atoms with Gasteiger partial charge in [0.25, 0.3) is 5.91 Å². The lowest BCUT2D eigenvalue weighted by atomic mass is 9.99. The Morgan fingerprint density at radius 2 is 1.56 bits per heavy atom. The molecule has 0 aliphatic rings. The van der Waals surface area contributed by atoms with Gasteiger partial charge in [0.1, 0.15) is 23.4 Å². The molecule has 3 rings (SSSR count). The van der Waals surface area contributed by atoms with E-state index in [2.05, 4.69) is 17.2 Å². The van der Waals surface area contributed by atoms with Crippen LogP contribution < -0.4 is 10.6 Å². The molecule has 0 spiro atoms. The van der Waals surface area contributed by atoms with Crippen molar-refractivity contribution in [1.29, 1.82) is 0 Å². The molecule has 3 aromatic rings. The van der Waals surface area contributed by atoms with Gasteiger partial charge in [0.2, 0.25) is 5.91 Å². The number of aromatic hydroxyl groups is 1. The summed E-state index contributed by atoms with van der Waals surface area (Å²) in [5.41, 5.74) is 2.59.